The van der Waals surface area contributed by atoms with Crippen LogP contribution in [0.4, 0.5) is 5.82 Å². The highest BCUT2D eigenvalue weighted by atomic mass is 35.5. The van der Waals surface area contributed by atoms with E-state index in [9.17, 15) is 9.59 Å². The Labute approximate surface area is 167 Å². The minimum absolute atomic E-state index is 0. The molecule has 8 heteroatoms. The largest absolute Gasteiger partial charge is 0.341 e. The van der Waals surface area contributed by atoms with Crippen molar-refractivity contribution in [1.82, 2.24) is 15.2 Å². The lowest BCUT2D eigenvalue weighted by Gasteiger charge is -2.35. The molecule has 2 amide bonds. The van der Waals surface area contributed by atoms with Crippen molar-refractivity contribution in [3.05, 3.63) is 23.9 Å². The van der Waals surface area contributed by atoms with Crippen LogP contribution in [-0.2, 0) is 9.59 Å². The minimum Gasteiger partial charge on any atom is -0.341 e. The molecular weight excluding hydrogens is 375 g/mol. The number of hydrogen-bond acceptors (Lipinski definition) is 4. The number of aryl methyl sites for hydroxylation is 1. The first-order valence-electron chi connectivity index (χ1n) is 8.90. The Hall–Kier alpha value is -1.37. The molecule has 3 heterocycles. The van der Waals surface area contributed by atoms with E-state index >= 15 is 0 Å². The molecule has 2 atom stereocenters. The summed E-state index contributed by atoms with van der Waals surface area (Å²) in [5.74, 6) is 0.536. The van der Waals surface area contributed by atoms with Crippen LogP contribution in [0.5, 0.6) is 0 Å². The van der Waals surface area contributed by atoms with Gasteiger partial charge in [0.2, 0.25) is 11.8 Å². The molecule has 2 aliphatic heterocycles. The van der Waals surface area contributed by atoms with Gasteiger partial charge in [0.1, 0.15) is 5.82 Å². The molecule has 6 nitrogen and oxygen atoms in total. The van der Waals surface area contributed by atoms with Crippen molar-refractivity contribution in [2.45, 2.75) is 45.1 Å². The summed E-state index contributed by atoms with van der Waals surface area (Å²) >= 11 is 0. The van der Waals surface area contributed by atoms with Crippen LogP contribution in [0.2, 0.25) is 0 Å². The Morgan fingerprint density at radius 3 is 2.69 bits per heavy atom. The third-order valence-electron chi connectivity index (χ3n) is 4.85. The number of likely N-dealkylation sites (tertiary alicyclic amines) is 1. The van der Waals surface area contributed by atoms with E-state index in [2.05, 4.69) is 15.6 Å². The lowest BCUT2D eigenvalue weighted by molar-refractivity contribution is -0.137. The van der Waals surface area contributed by atoms with Gasteiger partial charge in [0.15, 0.2) is 0 Å². The lowest BCUT2D eigenvalue weighted by Crippen LogP contribution is -2.52. The quantitative estimate of drug-likeness (QED) is 0.814. The summed E-state index contributed by atoms with van der Waals surface area (Å²) in [5.41, 5.74) is 0.872. The number of amides is 2. The molecule has 0 bridgehead atoms. The minimum atomic E-state index is -0.159. The average Bonchev–Trinajstić information content (AvgIpc) is 2.62. The van der Waals surface area contributed by atoms with Crippen molar-refractivity contribution in [3.63, 3.8) is 0 Å². The molecule has 2 N–H and O–H groups in total. The maximum Gasteiger partial charge on any atom is 0.239 e. The maximum absolute atomic E-state index is 12.6. The predicted molar refractivity (Wildman–Crippen MR) is 107 cm³/mol. The van der Waals surface area contributed by atoms with E-state index in [0.717, 1.165) is 50.9 Å². The van der Waals surface area contributed by atoms with Crippen molar-refractivity contribution in [1.29, 1.82) is 0 Å². The molecule has 1 aromatic rings. The first-order valence-corrected chi connectivity index (χ1v) is 8.90. The fraction of sp³-hybridized carbons (Fsp3) is 0.611. The average molecular weight is 403 g/mol. The molecule has 2 aliphatic rings. The molecule has 0 spiro atoms. The monoisotopic (exact) mass is 402 g/mol. The van der Waals surface area contributed by atoms with Gasteiger partial charge < -0.3 is 15.5 Å². The molecule has 3 rings (SSSR count). The van der Waals surface area contributed by atoms with Gasteiger partial charge in [-0.3, -0.25) is 9.59 Å². The van der Waals surface area contributed by atoms with Crippen molar-refractivity contribution in [2.75, 3.05) is 25.0 Å². The second-order valence-corrected chi connectivity index (χ2v) is 6.78. The zero-order valence-electron chi connectivity index (χ0n) is 15.1. The number of nitrogens with one attached hydrogen (secondary N) is 2. The Morgan fingerprint density at radius 2 is 2.00 bits per heavy atom. The van der Waals surface area contributed by atoms with E-state index < -0.39 is 0 Å². The van der Waals surface area contributed by atoms with Gasteiger partial charge in [0.25, 0.3) is 0 Å². The van der Waals surface area contributed by atoms with Crippen LogP contribution in [0.3, 0.4) is 0 Å². The molecule has 26 heavy (non-hydrogen) atoms. The van der Waals surface area contributed by atoms with Crippen molar-refractivity contribution in [2.24, 2.45) is 5.92 Å². The Morgan fingerprint density at radius 1 is 1.19 bits per heavy atom. The molecule has 2 fully saturated rings. The van der Waals surface area contributed by atoms with Gasteiger partial charge in [-0.15, -0.1) is 24.8 Å². The van der Waals surface area contributed by atoms with E-state index in [1.165, 1.54) is 0 Å². The van der Waals surface area contributed by atoms with Crippen molar-refractivity contribution < 1.29 is 9.59 Å². The van der Waals surface area contributed by atoms with Crippen molar-refractivity contribution >= 4 is 42.4 Å². The van der Waals surface area contributed by atoms with Crippen LogP contribution < -0.4 is 10.6 Å². The number of hydrogen-bond donors (Lipinski definition) is 2. The number of nitrogens with zero attached hydrogens (tertiary/aromatic N) is 2. The second kappa shape index (κ2) is 10.7. The molecule has 2 saturated heterocycles. The summed E-state index contributed by atoms with van der Waals surface area (Å²) in [7, 11) is 0. The van der Waals surface area contributed by atoms with E-state index in [1.807, 2.05) is 24.0 Å². The van der Waals surface area contributed by atoms with Gasteiger partial charge in [0, 0.05) is 18.8 Å². The number of rotatable bonds is 3. The van der Waals surface area contributed by atoms with Crippen LogP contribution >= 0.6 is 24.8 Å². The highest BCUT2D eigenvalue weighted by Crippen LogP contribution is 2.20. The highest BCUT2D eigenvalue weighted by Gasteiger charge is 2.32. The van der Waals surface area contributed by atoms with Gasteiger partial charge >= 0.3 is 0 Å². The van der Waals surface area contributed by atoms with Gasteiger partial charge in [-0.05, 0) is 51.3 Å². The van der Waals surface area contributed by atoms with Gasteiger partial charge in [-0.2, -0.15) is 0 Å². The smallest absolute Gasteiger partial charge is 0.239 e. The van der Waals surface area contributed by atoms with E-state index in [0.29, 0.717) is 12.4 Å². The normalized spacial score (nSPS) is 22.6. The fourth-order valence-corrected chi connectivity index (χ4v) is 3.52. The second-order valence-electron chi connectivity index (χ2n) is 6.78. The number of anilines is 1. The lowest BCUT2D eigenvalue weighted by atomic mass is 9.95. The molecule has 0 aliphatic carbocycles. The third-order valence-corrected chi connectivity index (χ3v) is 4.85. The third kappa shape index (κ3) is 5.83. The van der Waals surface area contributed by atoms with E-state index in [4.69, 9.17) is 0 Å². The van der Waals surface area contributed by atoms with Gasteiger partial charge in [0.05, 0.1) is 12.0 Å². The number of pyridine rings is 1. The number of carbonyl (C=O) groups excluding carboxylic acids is 2. The maximum atomic E-state index is 12.6. The summed E-state index contributed by atoms with van der Waals surface area (Å²) in [5, 5.41) is 6.19. The summed E-state index contributed by atoms with van der Waals surface area (Å²) in [6.07, 6.45) is 4.83. The zero-order chi connectivity index (χ0) is 16.9. The van der Waals surface area contributed by atoms with E-state index in [1.54, 1.807) is 6.07 Å². The van der Waals surface area contributed by atoms with Crippen LogP contribution in [0.25, 0.3) is 0 Å². The molecule has 1 aromatic heterocycles. The SMILES string of the molecule is Cc1cccc(NC(=O)C2CCCN(C(=O)[C@H]3CCCCN3)C2)n1.Cl.Cl. The molecule has 0 aromatic carbocycles. The van der Waals surface area contributed by atoms with E-state index in [-0.39, 0.29) is 48.6 Å². The number of piperidine rings is 2. The molecule has 146 valence electrons. The Balaban J connectivity index is 0.00000169. The highest BCUT2D eigenvalue weighted by molar-refractivity contribution is 5.92. The standard InChI is InChI=1S/C18H26N4O2.2ClH/c1-13-6-4-9-16(20-13)21-17(23)14-7-5-11-22(12-14)18(24)15-8-2-3-10-19-15;;/h4,6,9,14-15,19H,2-3,5,7-8,10-12H2,1H3,(H,20,21,23);2*1H/t14?,15-;;/m1../s1. The first kappa shape index (κ1) is 22.7. The Kier molecular flexibility index (Phi) is 9.33. The fourth-order valence-electron chi connectivity index (χ4n) is 3.52. The topological polar surface area (TPSA) is 74.3 Å². The summed E-state index contributed by atoms with van der Waals surface area (Å²) in [6.45, 7) is 4.07. The summed E-state index contributed by atoms with van der Waals surface area (Å²) in [6, 6.07) is 5.50. The van der Waals surface area contributed by atoms with Crippen molar-refractivity contribution in [3.8, 4) is 0 Å². The number of halogens is 2. The van der Waals surface area contributed by atoms with Crippen LogP contribution in [0.1, 0.15) is 37.8 Å². The molecule has 0 radical (unpaired) electrons. The predicted octanol–water partition coefficient (Wildman–Crippen LogP) is 2.55. The first-order chi connectivity index (χ1) is 11.6. The van der Waals surface area contributed by atoms with Crippen LogP contribution in [0, 0.1) is 12.8 Å². The molecule has 0 saturated carbocycles. The molecular formula is C18H28Cl2N4O2. The van der Waals surface area contributed by atoms with Gasteiger partial charge in [-0.25, -0.2) is 4.98 Å². The molecule has 1 unspecified atom stereocenters. The summed E-state index contributed by atoms with van der Waals surface area (Å²) < 4.78 is 0. The number of aromatic nitrogens is 1. The number of carbonyl (C=O) groups is 2. The van der Waals surface area contributed by atoms with Crippen LogP contribution in [-0.4, -0.2) is 47.4 Å². The zero-order valence-corrected chi connectivity index (χ0v) is 16.7. The summed E-state index contributed by atoms with van der Waals surface area (Å²) in [4.78, 5) is 31.3. The van der Waals surface area contributed by atoms with Crippen LogP contribution in [0.15, 0.2) is 18.2 Å². The van der Waals surface area contributed by atoms with Gasteiger partial charge in [-0.1, -0.05) is 12.5 Å². The Bertz CT molecular complexity index is 609.